The highest BCUT2D eigenvalue weighted by molar-refractivity contribution is 5.92. The molecule has 0 spiro atoms. The van der Waals surface area contributed by atoms with Gasteiger partial charge in [0.05, 0.1) is 13.1 Å². The summed E-state index contributed by atoms with van der Waals surface area (Å²) in [6.07, 6.45) is 2.15. The van der Waals surface area contributed by atoms with Gasteiger partial charge < -0.3 is 10.6 Å². The number of hydrogen-bond acceptors (Lipinski definition) is 3. The van der Waals surface area contributed by atoms with E-state index in [2.05, 4.69) is 10.6 Å². The first kappa shape index (κ1) is 14.5. The Morgan fingerprint density at radius 3 is 2.60 bits per heavy atom. The van der Waals surface area contributed by atoms with Crippen molar-refractivity contribution in [1.29, 1.82) is 0 Å². The minimum Gasteiger partial charge on any atom is -0.352 e. The number of likely N-dealkylation sites (N-methyl/N-ethyl adjacent to an activating group) is 1. The van der Waals surface area contributed by atoms with E-state index in [1.165, 1.54) is 0 Å². The Hall–Kier alpha value is -1.88. The second-order valence-electron chi connectivity index (χ2n) is 5.43. The molecule has 1 saturated carbocycles. The van der Waals surface area contributed by atoms with Gasteiger partial charge in [-0.15, -0.1) is 0 Å². The zero-order valence-corrected chi connectivity index (χ0v) is 12.0. The number of aryl methyl sites for hydroxylation is 1. The van der Waals surface area contributed by atoms with Gasteiger partial charge in [-0.1, -0.05) is 12.1 Å². The van der Waals surface area contributed by atoms with Gasteiger partial charge in [-0.25, -0.2) is 0 Å². The number of anilines is 1. The summed E-state index contributed by atoms with van der Waals surface area (Å²) in [7, 11) is 1.77. The third-order valence-corrected chi connectivity index (χ3v) is 3.07. The molecule has 2 N–H and O–H groups in total. The number of carbonyl (C=O) groups excluding carboxylic acids is 2. The Bertz CT molecular complexity index is 498. The Kier molecular flexibility index (Phi) is 4.74. The first-order valence-corrected chi connectivity index (χ1v) is 6.87. The zero-order chi connectivity index (χ0) is 14.5. The predicted octanol–water partition coefficient (Wildman–Crippen LogP) is 1.14. The van der Waals surface area contributed by atoms with Crippen LogP contribution >= 0.6 is 0 Å². The van der Waals surface area contributed by atoms with Crippen molar-refractivity contribution >= 4 is 17.5 Å². The first-order valence-electron chi connectivity index (χ1n) is 6.87. The van der Waals surface area contributed by atoms with Crippen LogP contribution in [0.3, 0.4) is 0 Å². The van der Waals surface area contributed by atoms with Crippen LogP contribution in [0.15, 0.2) is 24.3 Å². The highest BCUT2D eigenvalue weighted by Gasteiger charge is 2.23. The molecule has 5 heteroatoms. The molecule has 2 rings (SSSR count). The SMILES string of the molecule is Cc1cccc(NC(=O)CN(C)CC(=O)NC2CC2)c1. The van der Waals surface area contributed by atoms with Gasteiger partial charge in [0.1, 0.15) is 0 Å². The number of benzene rings is 1. The van der Waals surface area contributed by atoms with E-state index in [9.17, 15) is 9.59 Å². The van der Waals surface area contributed by atoms with Crippen molar-refractivity contribution in [1.82, 2.24) is 10.2 Å². The van der Waals surface area contributed by atoms with Crippen LogP contribution in [0.2, 0.25) is 0 Å². The maximum absolute atomic E-state index is 11.9. The summed E-state index contributed by atoms with van der Waals surface area (Å²) < 4.78 is 0. The van der Waals surface area contributed by atoms with Crippen LogP contribution < -0.4 is 10.6 Å². The third kappa shape index (κ3) is 5.01. The van der Waals surface area contributed by atoms with Crippen molar-refractivity contribution in [3.8, 4) is 0 Å². The van der Waals surface area contributed by atoms with E-state index in [0.29, 0.717) is 6.04 Å². The lowest BCUT2D eigenvalue weighted by atomic mass is 10.2. The molecule has 1 fully saturated rings. The Morgan fingerprint density at radius 1 is 1.25 bits per heavy atom. The van der Waals surface area contributed by atoms with Crippen molar-refractivity contribution in [2.24, 2.45) is 0 Å². The summed E-state index contributed by atoms with van der Waals surface area (Å²) >= 11 is 0. The molecule has 0 heterocycles. The Balaban J connectivity index is 1.74. The number of carbonyl (C=O) groups is 2. The number of rotatable bonds is 6. The third-order valence-electron chi connectivity index (χ3n) is 3.07. The highest BCUT2D eigenvalue weighted by Crippen LogP contribution is 2.18. The normalized spacial score (nSPS) is 14.2. The largest absolute Gasteiger partial charge is 0.352 e. The van der Waals surface area contributed by atoms with Gasteiger partial charge in [-0.3, -0.25) is 14.5 Å². The maximum atomic E-state index is 11.9. The van der Waals surface area contributed by atoms with Crippen molar-refractivity contribution in [2.75, 3.05) is 25.5 Å². The highest BCUT2D eigenvalue weighted by atomic mass is 16.2. The molecule has 0 aromatic heterocycles. The fourth-order valence-corrected chi connectivity index (χ4v) is 1.97. The smallest absolute Gasteiger partial charge is 0.238 e. The monoisotopic (exact) mass is 275 g/mol. The first-order chi connectivity index (χ1) is 9.52. The van der Waals surface area contributed by atoms with E-state index in [1.54, 1.807) is 11.9 Å². The minimum atomic E-state index is -0.114. The van der Waals surface area contributed by atoms with Crippen molar-refractivity contribution < 1.29 is 9.59 Å². The molecule has 2 amide bonds. The van der Waals surface area contributed by atoms with E-state index in [4.69, 9.17) is 0 Å². The molecule has 0 atom stereocenters. The quantitative estimate of drug-likeness (QED) is 0.818. The fourth-order valence-electron chi connectivity index (χ4n) is 1.97. The molecule has 108 valence electrons. The maximum Gasteiger partial charge on any atom is 0.238 e. The van der Waals surface area contributed by atoms with Gasteiger partial charge in [0.2, 0.25) is 11.8 Å². The molecule has 5 nitrogen and oxygen atoms in total. The van der Waals surface area contributed by atoms with Crippen molar-refractivity contribution in [3.05, 3.63) is 29.8 Å². The summed E-state index contributed by atoms with van der Waals surface area (Å²) in [5.41, 5.74) is 1.88. The van der Waals surface area contributed by atoms with Crippen molar-refractivity contribution in [2.45, 2.75) is 25.8 Å². The average Bonchev–Trinajstić information content (AvgIpc) is 3.11. The van der Waals surface area contributed by atoms with Crippen LogP contribution in [0.25, 0.3) is 0 Å². The average molecular weight is 275 g/mol. The molecule has 1 aromatic rings. The zero-order valence-electron chi connectivity index (χ0n) is 12.0. The van der Waals surface area contributed by atoms with E-state index in [0.717, 1.165) is 24.1 Å². The number of nitrogens with one attached hydrogen (secondary N) is 2. The lowest BCUT2D eigenvalue weighted by Crippen LogP contribution is -2.39. The van der Waals surface area contributed by atoms with Gasteiger partial charge in [-0.05, 0) is 44.5 Å². The summed E-state index contributed by atoms with van der Waals surface area (Å²) in [4.78, 5) is 25.2. The van der Waals surface area contributed by atoms with Crippen LogP contribution in [0.5, 0.6) is 0 Å². The van der Waals surface area contributed by atoms with Gasteiger partial charge in [0.25, 0.3) is 0 Å². The molecule has 0 radical (unpaired) electrons. The van der Waals surface area contributed by atoms with E-state index >= 15 is 0 Å². The molecule has 20 heavy (non-hydrogen) atoms. The van der Waals surface area contributed by atoms with E-state index in [1.807, 2.05) is 31.2 Å². The molecule has 0 unspecified atom stereocenters. The predicted molar refractivity (Wildman–Crippen MR) is 78.5 cm³/mol. The summed E-state index contributed by atoms with van der Waals surface area (Å²) in [5.74, 6) is -0.129. The van der Waals surface area contributed by atoms with Crippen LogP contribution in [0.4, 0.5) is 5.69 Å². The van der Waals surface area contributed by atoms with Crippen LogP contribution in [-0.2, 0) is 9.59 Å². The molecule has 1 aliphatic carbocycles. The molecule has 0 saturated heterocycles. The molecule has 1 aliphatic rings. The van der Waals surface area contributed by atoms with Gasteiger partial charge in [0.15, 0.2) is 0 Å². The van der Waals surface area contributed by atoms with Crippen LogP contribution in [0.1, 0.15) is 18.4 Å². The molecule has 1 aromatic carbocycles. The fraction of sp³-hybridized carbons (Fsp3) is 0.467. The van der Waals surface area contributed by atoms with E-state index < -0.39 is 0 Å². The lowest BCUT2D eigenvalue weighted by Gasteiger charge is -2.16. The Labute approximate surface area is 119 Å². The van der Waals surface area contributed by atoms with Gasteiger partial charge in [0, 0.05) is 11.7 Å². The number of amides is 2. The summed E-state index contributed by atoms with van der Waals surface area (Å²) in [5, 5.41) is 5.73. The summed E-state index contributed by atoms with van der Waals surface area (Å²) in [6.45, 7) is 2.42. The standard InChI is InChI=1S/C15H21N3O2/c1-11-4-3-5-13(8-11)17-15(20)10-18(2)9-14(19)16-12-6-7-12/h3-5,8,12H,6-7,9-10H2,1-2H3,(H,16,19)(H,17,20). The topological polar surface area (TPSA) is 61.4 Å². The molecular formula is C15H21N3O2. The van der Waals surface area contributed by atoms with Gasteiger partial charge >= 0.3 is 0 Å². The van der Waals surface area contributed by atoms with Gasteiger partial charge in [-0.2, -0.15) is 0 Å². The number of nitrogens with zero attached hydrogens (tertiary/aromatic N) is 1. The molecular weight excluding hydrogens is 254 g/mol. The second-order valence-corrected chi connectivity index (χ2v) is 5.43. The lowest BCUT2D eigenvalue weighted by molar-refractivity contribution is -0.123. The van der Waals surface area contributed by atoms with Crippen LogP contribution in [0, 0.1) is 6.92 Å². The molecule has 0 aliphatic heterocycles. The Morgan fingerprint density at radius 2 is 1.95 bits per heavy atom. The van der Waals surface area contributed by atoms with Crippen molar-refractivity contribution in [3.63, 3.8) is 0 Å². The molecule has 0 bridgehead atoms. The summed E-state index contributed by atoms with van der Waals surface area (Å²) in [6, 6.07) is 8.00. The van der Waals surface area contributed by atoms with Crippen LogP contribution in [-0.4, -0.2) is 42.9 Å². The number of hydrogen-bond donors (Lipinski definition) is 2. The minimum absolute atomic E-state index is 0.0154. The van der Waals surface area contributed by atoms with E-state index in [-0.39, 0.29) is 24.9 Å². The second kappa shape index (κ2) is 6.52.